The fourth-order valence-electron chi connectivity index (χ4n) is 2.13. The lowest BCUT2D eigenvalue weighted by Gasteiger charge is -2.17. The van der Waals surface area contributed by atoms with Crippen molar-refractivity contribution in [3.63, 3.8) is 0 Å². The van der Waals surface area contributed by atoms with Crippen molar-refractivity contribution in [2.75, 3.05) is 5.32 Å². The number of benzene rings is 2. The molecule has 0 saturated carbocycles. The maximum atomic E-state index is 10.8. The fraction of sp³-hybridized carbons (Fsp3) is 0.200. The van der Waals surface area contributed by atoms with Crippen molar-refractivity contribution in [3.8, 4) is 0 Å². The summed E-state index contributed by atoms with van der Waals surface area (Å²) < 4.78 is 0. The van der Waals surface area contributed by atoms with Gasteiger partial charge in [0.2, 0.25) is 0 Å². The normalized spacial score (nSPS) is 12.0. The molecule has 0 fully saturated rings. The van der Waals surface area contributed by atoms with Crippen molar-refractivity contribution in [3.05, 3.63) is 67.7 Å². The molecule has 6 heteroatoms. The molecule has 1 N–H and O–H groups in total. The molecule has 2 rings (SSSR count). The van der Waals surface area contributed by atoms with Crippen LogP contribution in [0.3, 0.4) is 0 Å². The van der Waals surface area contributed by atoms with Crippen LogP contribution in [0, 0.1) is 17.0 Å². The predicted octanol–water partition coefficient (Wildman–Crippen LogP) is 5.38. The minimum Gasteiger partial charge on any atom is -0.378 e. The lowest BCUT2D eigenvalue weighted by atomic mass is 10.1. The Balaban J connectivity index is 2.21. The summed E-state index contributed by atoms with van der Waals surface area (Å²) in [5, 5.41) is 15.3. The van der Waals surface area contributed by atoms with Crippen molar-refractivity contribution < 1.29 is 4.92 Å². The third kappa shape index (κ3) is 3.65. The SMILES string of the molecule is Cc1cc(NC(C)c2ccc(Cl)cc2Cl)ccc1[N+](=O)[O-]. The Morgan fingerprint density at radius 1 is 1.19 bits per heavy atom. The smallest absolute Gasteiger partial charge is 0.272 e. The second-order valence-corrected chi connectivity index (χ2v) is 5.63. The molecule has 2 aromatic rings. The van der Waals surface area contributed by atoms with Crippen LogP contribution < -0.4 is 5.32 Å². The van der Waals surface area contributed by atoms with Gasteiger partial charge in [-0.15, -0.1) is 0 Å². The molecule has 0 aliphatic heterocycles. The van der Waals surface area contributed by atoms with Gasteiger partial charge in [-0.05, 0) is 43.7 Å². The molecule has 0 amide bonds. The number of aryl methyl sites for hydroxylation is 1. The molecule has 4 nitrogen and oxygen atoms in total. The first-order valence-corrected chi connectivity index (χ1v) is 7.10. The standard InChI is InChI=1S/C15H14Cl2N2O2/c1-9-7-12(4-6-15(9)19(20)21)18-10(2)13-5-3-11(16)8-14(13)17/h3-8,10,18H,1-2H3. The third-order valence-electron chi connectivity index (χ3n) is 3.21. The molecule has 0 saturated heterocycles. The minimum absolute atomic E-state index is 0.0457. The fourth-order valence-corrected chi connectivity index (χ4v) is 2.70. The maximum absolute atomic E-state index is 10.8. The van der Waals surface area contributed by atoms with Crippen molar-refractivity contribution in [2.24, 2.45) is 0 Å². The zero-order chi connectivity index (χ0) is 15.6. The highest BCUT2D eigenvalue weighted by Gasteiger charge is 2.13. The summed E-state index contributed by atoms with van der Waals surface area (Å²) >= 11 is 12.1. The molecule has 0 bridgehead atoms. The van der Waals surface area contributed by atoms with E-state index in [-0.39, 0.29) is 11.7 Å². The van der Waals surface area contributed by atoms with Crippen LogP contribution in [-0.4, -0.2) is 4.92 Å². The van der Waals surface area contributed by atoms with Crippen LogP contribution >= 0.6 is 23.2 Å². The van der Waals surface area contributed by atoms with Crippen molar-refractivity contribution in [1.29, 1.82) is 0 Å². The van der Waals surface area contributed by atoms with E-state index in [1.807, 2.05) is 13.0 Å². The second kappa shape index (κ2) is 6.33. The van der Waals surface area contributed by atoms with Gasteiger partial charge in [0.05, 0.1) is 4.92 Å². The number of hydrogen-bond acceptors (Lipinski definition) is 3. The van der Waals surface area contributed by atoms with Gasteiger partial charge in [0.1, 0.15) is 0 Å². The number of halogens is 2. The van der Waals surface area contributed by atoms with Crippen LogP contribution in [0.1, 0.15) is 24.1 Å². The molecule has 0 spiro atoms. The molecule has 0 aliphatic carbocycles. The van der Waals surface area contributed by atoms with E-state index in [0.29, 0.717) is 15.6 Å². The second-order valence-electron chi connectivity index (χ2n) is 4.79. The van der Waals surface area contributed by atoms with E-state index in [4.69, 9.17) is 23.2 Å². The molecule has 1 unspecified atom stereocenters. The molecule has 0 radical (unpaired) electrons. The number of hydrogen-bond donors (Lipinski definition) is 1. The van der Waals surface area contributed by atoms with E-state index in [2.05, 4.69) is 5.32 Å². The van der Waals surface area contributed by atoms with Crippen molar-refractivity contribution >= 4 is 34.6 Å². The summed E-state index contributed by atoms with van der Waals surface area (Å²) in [7, 11) is 0. The molecule has 110 valence electrons. The summed E-state index contributed by atoms with van der Waals surface area (Å²) in [6, 6.07) is 10.2. The Morgan fingerprint density at radius 3 is 2.48 bits per heavy atom. The Kier molecular flexibility index (Phi) is 4.70. The monoisotopic (exact) mass is 324 g/mol. The third-order valence-corrected chi connectivity index (χ3v) is 3.77. The summed E-state index contributed by atoms with van der Waals surface area (Å²) in [5.74, 6) is 0. The first-order chi connectivity index (χ1) is 9.88. The van der Waals surface area contributed by atoms with E-state index in [9.17, 15) is 10.1 Å². The maximum Gasteiger partial charge on any atom is 0.272 e. The molecule has 0 heterocycles. The Hall–Kier alpha value is -1.78. The topological polar surface area (TPSA) is 55.2 Å². The lowest BCUT2D eigenvalue weighted by molar-refractivity contribution is -0.385. The van der Waals surface area contributed by atoms with Gasteiger partial charge in [-0.1, -0.05) is 29.3 Å². The molecule has 21 heavy (non-hydrogen) atoms. The van der Waals surface area contributed by atoms with Gasteiger partial charge in [0.25, 0.3) is 5.69 Å². The minimum atomic E-state index is -0.390. The van der Waals surface area contributed by atoms with Gasteiger partial charge in [0.15, 0.2) is 0 Å². The number of nitro benzene ring substituents is 1. The average Bonchev–Trinajstić information content (AvgIpc) is 2.37. The first kappa shape index (κ1) is 15.6. The number of nitrogens with one attached hydrogen (secondary N) is 1. The van der Waals surface area contributed by atoms with E-state index in [1.54, 1.807) is 31.2 Å². The van der Waals surface area contributed by atoms with E-state index in [1.165, 1.54) is 6.07 Å². The first-order valence-electron chi connectivity index (χ1n) is 6.35. The van der Waals surface area contributed by atoms with Crippen molar-refractivity contribution in [1.82, 2.24) is 0 Å². The van der Waals surface area contributed by atoms with Crippen LogP contribution in [0.5, 0.6) is 0 Å². The van der Waals surface area contributed by atoms with Gasteiger partial charge in [0, 0.05) is 33.4 Å². The Morgan fingerprint density at radius 2 is 1.90 bits per heavy atom. The zero-order valence-corrected chi connectivity index (χ0v) is 13.1. The largest absolute Gasteiger partial charge is 0.378 e. The molecule has 1 atom stereocenters. The highest BCUT2D eigenvalue weighted by atomic mass is 35.5. The number of nitrogens with zero attached hydrogens (tertiary/aromatic N) is 1. The number of rotatable bonds is 4. The van der Waals surface area contributed by atoms with E-state index in [0.717, 1.165) is 11.3 Å². The van der Waals surface area contributed by atoms with Crippen molar-refractivity contribution in [2.45, 2.75) is 19.9 Å². The Bertz CT molecular complexity index is 689. The van der Waals surface area contributed by atoms with E-state index >= 15 is 0 Å². The Labute approximate surface area is 132 Å². The molecule has 0 aromatic heterocycles. The van der Waals surface area contributed by atoms with Gasteiger partial charge < -0.3 is 5.32 Å². The van der Waals surface area contributed by atoms with Crippen LogP contribution in [0.15, 0.2) is 36.4 Å². The van der Waals surface area contributed by atoms with Crippen LogP contribution in [0.25, 0.3) is 0 Å². The van der Waals surface area contributed by atoms with Crippen LogP contribution in [0.4, 0.5) is 11.4 Å². The molecule has 2 aromatic carbocycles. The van der Waals surface area contributed by atoms with Gasteiger partial charge in [-0.3, -0.25) is 10.1 Å². The summed E-state index contributed by atoms with van der Waals surface area (Å²) in [4.78, 5) is 10.4. The van der Waals surface area contributed by atoms with E-state index < -0.39 is 4.92 Å². The predicted molar refractivity (Wildman–Crippen MR) is 86.3 cm³/mol. The molecule has 0 aliphatic rings. The van der Waals surface area contributed by atoms with Gasteiger partial charge in [-0.25, -0.2) is 0 Å². The highest BCUT2D eigenvalue weighted by molar-refractivity contribution is 6.35. The molecular formula is C15H14Cl2N2O2. The summed E-state index contributed by atoms with van der Waals surface area (Å²) in [6.45, 7) is 3.68. The molecular weight excluding hydrogens is 311 g/mol. The van der Waals surface area contributed by atoms with Crippen LogP contribution in [0.2, 0.25) is 10.0 Å². The summed E-state index contributed by atoms with van der Waals surface area (Å²) in [5.41, 5.74) is 2.44. The lowest BCUT2D eigenvalue weighted by Crippen LogP contribution is -2.07. The number of anilines is 1. The zero-order valence-electron chi connectivity index (χ0n) is 11.6. The van der Waals surface area contributed by atoms with Crippen LogP contribution in [-0.2, 0) is 0 Å². The number of nitro groups is 1. The van der Waals surface area contributed by atoms with Gasteiger partial charge in [-0.2, -0.15) is 0 Å². The highest BCUT2D eigenvalue weighted by Crippen LogP contribution is 2.29. The average molecular weight is 325 g/mol. The summed E-state index contributed by atoms with van der Waals surface area (Å²) in [6.07, 6.45) is 0. The quantitative estimate of drug-likeness (QED) is 0.606. The van der Waals surface area contributed by atoms with Gasteiger partial charge >= 0.3 is 0 Å².